The van der Waals surface area contributed by atoms with Gasteiger partial charge in [-0.3, -0.25) is 0 Å². The number of ether oxygens (including phenoxy) is 1. The molecule has 1 atom stereocenters. The van der Waals surface area contributed by atoms with E-state index in [1.165, 1.54) is 0 Å². The largest absolute Gasteiger partial charge is 0.379 e. The van der Waals surface area contributed by atoms with E-state index in [0.29, 0.717) is 11.9 Å². The molecule has 0 bridgehead atoms. The van der Waals surface area contributed by atoms with Gasteiger partial charge in [0.25, 0.3) is 0 Å². The number of benzene rings is 2. The van der Waals surface area contributed by atoms with Crippen LogP contribution in [0.15, 0.2) is 59.5 Å². The van der Waals surface area contributed by atoms with Crippen molar-refractivity contribution in [2.75, 3.05) is 18.5 Å². The van der Waals surface area contributed by atoms with Gasteiger partial charge in [0, 0.05) is 5.33 Å². The minimum Gasteiger partial charge on any atom is -0.379 e. The average molecular weight is 398 g/mol. The second kappa shape index (κ2) is 8.59. The molecule has 2 rings (SSSR count). The van der Waals surface area contributed by atoms with Crippen LogP contribution in [0.25, 0.3) is 0 Å². The first-order valence-corrected chi connectivity index (χ1v) is 9.91. The Kier molecular flexibility index (Phi) is 6.77. The number of hydrogen-bond acceptors (Lipinski definition) is 3. The minimum atomic E-state index is -3.60. The second-order valence-corrected chi connectivity index (χ2v) is 7.67. The first kappa shape index (κ1) is 18.1. The van der Waals surface area contributed by atoms with Crippen LogP contribution in [-0.4, -0.2) is 27.0 Å². The van der Waals surface area contributed by atoms with E-state index in [2.05, 4.69) is 20.7 Å². The maximum atomic E-state index is 12.6. The van der Waals surface area contributed by atoms with E-state index < -0.39 is 16.1 Å². The fourth-order valence-electron chi connectivity index (χ4n) is 2.11. The number of nitrogens with one attached hydrogen (secondary N) is 1. The number of rotatable bonds is 8. The molecule has 0 aliphatic rings. The van der Waals surface area contributed by atoms with Crippen molar-refractivity contribution >= 4 is 26.0 Å². The van der Waals surface area contributed by atoms with Crippen LogP contribution >= 0.6 is 15.9 Å². The number of halogens is 1. The molecule has 0 radical (unpaired) electrons. The highest BCUT2D eigenvalue weighted by atomic mass is 79.9. The van der Waals surface area contributed by atoms with Crippen molar-refractivity contribution < 1.29 is 13.2 Å². The first-order chi connectivity index (χ1) is 11.0. The van der Waals surface area contributed by atoms with Crippen LogP contribution in [0.1, 0.15) is 17.2 Å². The van der Waals surface area contributed by atoms with Gasteiger partial charge in [0.1, 0.15) is 0 Å². The lowest BCUT2D eigenvalue weighted by Crippen LogP contribution is -2.31. The molecule has 124 valence electrons. The van der Waals surface area contributed by atoms with Crippen LogP contribution in [-0.2, 0) is 14.8 Å². The van der Waals surface area contributed by atoms with E-state index in [0.717, 1.165) is 11.1 Å². The summed E-state index contributed by atoms with van der Waals surface area (Å²) in [6.07, 6.45) is 0. The van der Waals surface area contributed by atoms with Gasteiger partial charge in [0.15, 0.2) is 0 Å². The molecule has 6 heteroatoms. The topological polar surface area (TPSA) is 55.4 Å². The summed E-state index contributed by atoms with van der Waals surface area (Å²) < 4.78 is 33.4. The van der Waals surface area contributed by atoms with E-state index >= 15 is 0 Å². The molecule has 0 unspecified atom stereocenters. The van der Waals surface area contributed by atoms with E-state index in [4.69, 9.17) is 4.74 Å². The van der Waals surface area contributed by atoms with Gasteiger partial charge in [-0.2, -0.15) is 0 Å². The highest BCUT2D eigenvalue weighted by Crippen LogP contribution is 2.18. The third-order valence-electron chi connectivity index (χ3n) is 3.34. The molecule has 0 fully saturated rings. The molecular formula is C17H20BrNO3S. The van der Waals surface area contributed by atoms with Crippen LogP contribution in [0.3, 0.4) is 0 Å². The second-order valence-electron chi connectivity index (χ2n) is 5.16. The molecule has 2 aromatic carbocycles. The van der Waals surface area contributed by atoms with E-state index in [9.17, 15) is 8.42 Å². The Labute approximate surface area is 146 Å². The highest BCUT2D eigenvalue weighted by Gasteiger charge is 2.21. The zero-order valence-electron chi connectivity index (χ0n) is 12.9. The summed E-state index contributed by atoms with van der Waals surface area (Å²) in [4.78, 5) is 0.254. The molecule has 1 N–H and O–H groups in total. The van der Waals surface area contributed by atoms with Crippen LogP contribution in [0.4, 0.5) is 0 Å². The molecule has 0 spiro atoms. The summed E-state index contributed by atoms with van der Waals surface area (Å²) in [5.74, 6) is 0. The monoisotopic (exact) mass is 397 g/mol. The summed E-state index contributed by atoms with van der Waals surface area (Å²) in [6.45, 7) is 2.72. The molecular weight excluding hydrogens is 378 g/mol. The number of sulfonamides is 1. The Bertz CT molecular complexity index is 702. The fraction of sp³-hybridized carbons (Fsp3) is 0.294. The lowest BCUT2D eigenvalue weighted by molar-refractivity contribution is 0.132. The summed E-state index contributed by atoms with van der Waals surface area (Å²) in [5, 5.41) is 0.708. The predicted octanol–water partition coefficient (Wildman–Crippen LogP) is 3.43. The van der Waals surface area contributed by atoms with Crippen molar-refractivity contribution in [3.8, 4) is 0 Å². The lowest BCUT2D eigenvalue weighted by atomic mass is 10.1. The highest BCUT2D eigenvalue weighted by molar-refractivity contribution is 9.09. The van der Waals surface area contributed by atoms with Crippen molar-refractivity contribution in [2.24, 2.45) is 0 Å². The average Bonchev–Trinajstić information content (AvgIpc) is 2.55. The van der Waals surface area contributed by atoms with Crippen molar-refractivity contribution in [1.82, 2.24) is 4.72 Å². The van der Waals surface area contributed by atoms with Gasteiger partial charge >= 0.3 is 0 Å². The third kappa shape index (κ3) is 5.42. The predicted molar refractivity (Wildman–Crippen MR) is 95.3 cm³/mol. The molecule has 0 heterocycles. The molecule has 2 aromatic rings. The van der Waals surface area contributed by atoms with Crippen molar-refractivity contribution in [2.45, 2.75) is 17.9 Å². The van der Waals surface area contributed by atoms with E-state index in [-0.39, 0.29) is 11.5 Å². The zero-order chi connectivity index (χ0) is 16.7. The van der Waals surface area contributed by atoms with Crippen LogP contribution in [0.5, 0.6) is 0 Å². The molecule has 0 saturated heterocycles. The first-order valence-electron chi connectivity index (χ1n) is 7.30. The Hall–Kier alpha value is -1.21. The summed E-state index contributed by atoms with van der Waals surface area (Å²) >= 11 is 3.30. The Morgan fingerprint density at radius 1 is 1.09 bits per heavy atom. The van der Waals surface area contributed by atoms with E-state index in [1.54, 1.807) is 24.3 Å². The quantitative estimate of drug-likeness (QED) is 0.548. The standard InChI is InChI=1S/C17H20BrNO3S/c1-14-7-9-16(10-8-14)23(20,21)19-17(13-22-12-11-18)15-5-3-2-4-6-15/h2-10,17,19H,11-13H2,1H3/t17-/m0/s1. The molecule has 0 amide bonds. The Balaban J connectivity index is 2.20. The van der Waals surface area contributed by atoms with Crippen LogP contribution in [0, 0.1) is 6.92 Å². The molecule has 0 aromatic heterocycles. The lowest BCUT2D eigenvalue weighted by Gasteiger charge is -2.19. The SMILES string of the molecule is Cc1ccc(S(=O)(=O)N[C@@H](COCCBr)c2ccccc2)cc1. The van der Waals surface area contributed by atoms with Gasteiger partial charge in [-0.05, 0) is 24.6 Å². The van der Waals surface area contributed by atoms with Crippen molar-refractivity contribution in [3.05, 3.63) is 65.7 Å². The molecule has 0 aliphatic heterocycles. The van der Waals surface area contributed by atoms with Gasteiger partial charge in [-0.15, -0.1) is 0 Å². The van der Waals surface area contributed by atoms with Gasteiger partial charge in [0.2, 0.25) is 10.0 Å². The maximum Gasteiger partial charge on any atom is 0.241 e. The van der Waals surface area contributed by atoms with Crippen molar-refractivity contribution in [1.29, 1.82) is 0 Å². The van der Waals surface area contributed by atoms with Gasteiger partial charge in [-0.25, -0.2) is 13.1 Å². The number of alkyl halides is 1. The third-order valence-corrected chi connectivity index (χ3v) is 5.15. The Morgan fingerprint density at radius 3 is 2.35 bits per heavy atom. The minimum absolute atomic E-state index is 0.254. The fourth-order valence-corrected chi connectivity index (χ4v) is 3.55. The van der Waals surface area contributed by atoms with Gasteiger partial charge in [-0.1, -0.05) is 64.0 Å². The van der Waals surface area contributed by atoms with Gasteiger partial charge in [0.05, 0.1) is 24.2 Å². The Morgan fingerprint density at radius 2 is 1.74 bits per heavy atom. The molecule has 0 saturated carbocycles. The van der Waals surface area contributed by atoms with Gasteiger partial charge < -0.3 is 4.74 Å². The van der Waals surface area contributed by atoms with Crippen LogP contribution < -0.4 is 4.72 Å². The maximum absolute atomic E-state index is 12.6. The number of aryl methyl sites for hydroxylation is 1. The summed E-state index contributed by atoms with van der Waals surface area (Å²) in [5.41, 5.74) is 1.89. The number of hydrogen-bond donors (Lipinski definition) is 1. The molecule has 23 heavy (non-hydrogen) atoms. The molecule has 0 aliphatic carbocycles. The van der Waals surface area contributed by atoms with Crippen LogP contribution in [0.2, 0.25) is 0 Å². The molecule has 4 nitrogen and oxygen atoms in total. The summed E-state index contributed by atoms with van der Waals surface area (Å²) in [6, 6.07) is 15.8. The smallest absolute Gasteiger partial charge is 0.241 e. The normalized spacial score (nSPS) is 13.0. The summed E-state index contributed by atoms with van der Waals surface area (Å²) in [7, 11) is -3.60. The van der Waals surface area contributed by atoms with Crippen molar-refractivity contribution in [3.63, 3.8) is 0 Å². The zero-order valence-corrected chi connectivity index (χ0v) is 15.3. The van der Waals surface area contributed by atoms with E-state index in [1.807, 2.05) is 37.3 Å².